The van der Waals surface area contributed by atoms with E-state index in [1.165, 1.54) is 0 Å². The third-order valence-electron chi connectivity index (χ3n) is 4.12. The number of rotatable bonds is 10. The predicted octanol–water partition coefficient (Wildman–Crippen LogP) is 2.37. The number of nitrogens with zero attached hydrogens (tertiary/aromatic N) is 1. The van der Waals surface area contributed by atoms with E-state index in [0.717, 1.165) is 31.4 Å². The molecule has 0 aliphatic carbocycles. The van der Waals surface area contributed by atoms with Gasteiger partial charge in [0, 0.05) is 37.6 Å². The Kier molecular flexibility index (Phi) is 13.1. The van der Waals surface area contributed by atoms with Crippen LogP contribution < -0.4 is 16.0 Å². The number of terminal acetylenes is 1. The molecule has 3 N–H and O–H groups in total. The minimum atomic E-state index is -0.203. The molecule has 0 spiro atoms. The lowest BCUT2D eigenvalue weighted by atomic mass is 10.2. The molecule has 0 bridgehead atoms. The molecule has 1 atom stereocenters. The van der Waals surface area contributed by atoms with Gasteiger partial charge in [-0.3, -0.25) is 4.79 Å². The van der Waals surface area contributed by atoms with Crippen molar-refractivity contribution in [1.82, 2.24) is 10.6 Å². The summed E-state index contributed by atoms with van der Waals surface area (Å²) in [5, 5.41) is 9.13. The van der Waals surface area contributed by atoms with Gasteiger partial charge >= 0.3 is 0 Å². The number of hydrogen-bond acceptors (Lipinski definition) is 4. The van der Waals surface area contributed by atoms with Crippen molar-refractivity contribution < 1.29 is 14.3 Å². The fourth-order valence-corrected chi connectivity index (χ4v) is 2.75. The van der Waals surface area contributed by atoms with Crippen molar-refractivity contribution in [2.45, 2.75) is 32.3 Å². The van der Waals surface area contributed by atoms with Gasteiger partial charge in [0.2, 0.25) is 5.91 Å². The van der Waals surface area contributed by atoms with Crippen LogP contribution in [0.15, 0.2) is 29.3 Å². The zero-order chi connectivity index (χ0) is 20.0. The van der Waals surface area contributed by atoms with Gasteiger partial charge in [0.05, 0.1) is 12.7 Å². The summed E-state index contributed by atoms with van der Waals surface area (Å²) in [6.07, 6.45) is 8.69. The molecule has 1 aliphatic rings. The fraction of sp³-hybridized carbons (Fsp3) is 0.524. The lowest BCUT2D eigenvalue weighted by molar-refractivity contribution is -0.114. The summed E-state index contributed by atoms with van der Waals surface area (Å²) in [6.45, 7) is 5.60. The number of nitrogens with one attached hydrogen (secondary N) is 3. The van der Waals surface area contributed by atoms with Gasteiger partial charge in [0.25, 0.3) is 0 Å². The zero-order valence-electron chi connectivity index (χ0n) is 16.9. The maximum Gasteiger partial charge on any atom is 0.246 e. The average molecular weight is 514 g/mol. The van der Waals surface area contributed by atoms with Crippen LogP contribution in [0.25, 0.3) is 0 Å². The zero-order valence-corrected chi connectivity index (χ0v) is 19.2. The molecule has 0 aromatic heterocycles. The van der Waals surface area contributed by atoms with Gasteiger partial charge in [-0.05, 0) is 44.4 Å². The Hall–Kier alpha value is -1.83. The van der Waals surface area contributed by atoms with Gasteiger partial charge in [-0.25, -0.2) is 4.99 Å². The first-order valence-electron chi connectivity index (χ1n) is 9.79. The first-order chi connectivity index (χ1) is 13.7. The van der Waals surface area contributed by atoms with Crippen LogP contribution in [0, 0.1) is 12.3 Å². The molecular formula is C21H31IN4O3. The molecule has 0 radical (unpaired) electrons. The lowest BCUT2D eigenvalue weighted by Gasteiger charge is -2.12. The Labute approximate surface area is 190 Å². The lowest BCUT2D eigenvalue weighted by Crippen LogP contribution is -2.38. The SMILES string of the molecule is C#Cc1cccc(NC(=O)CN=C(NCC)NCCCOCC2CCCO2)c1.I. The van der Waals surface area contributed by atoms with E-state index in [-0.39, 0.29) is 42.5 Å². The first kappa shape index (κ1) is 25.2. The van der Waals surface area contributed by atoms with E-state index in [4.69, 9.17) is 15.9 Å². The van der Waals surface area contributed by atoms with Crippen molar-refractivity contribution in [3.63, 3.8) is 0 Å². The number of amides is 1. The van der Waals surface area contributed by atoms with Crippen LogP contribution in [0.2, 0.25) is 0 Å². The van der Waals surface area contributed by atoms with Gasteiger partial charge in [-0.1, -0.05) is 12.0 Å². The summed E-state index contributed by atoms with van der Waals surface area (Å²) in [6, 6.07) is 7.16. The molecule has 1 heterocycles. The van der Waals surface area contributed by atoms with Gasteiger partial charge < -0.3 is 25.4 Å². The summed E-state index contributed by atoms with van der Waals surface area (Å²) in [7, 11) is 0. The number of guanidine groups is 1. The third-order valence-corrected chi connectivity index (χ3v) is 4.12. The van der Waals surface area contributed by atoms with Crippen LogP contribution in [0.3, 0.4) is 0 Å². The van der Waals surface area contributed by atoms with E-state index >= 15 is 0 Å². The minimum Gasteiger partial charge on any atom is -0.379 e. The minimum absolute atomic E-state index is 0. The number of anilines is 1. The van der Waals surface area contributed by atoms with Crippen molar-refractivity contribution in [3.05, 3.63) is 29.8 Å². The standard InChI is InChI=1S/C21H30N4O3.HI/c1-3-17-8-5-9-18(14-17)25-20(26)15-24-21(22-4-2)23-11-7-12-27-16-19-10-6-13-28-19;/h1,5,8-9,14,19H,4,6-7,10-13,15-16H2,2H3,(H,25,26)(H2,22,23,24);1H. The largest absolute Gasteiger partial charge is 0.379 e. The number of carbonyl (C=O) groups excluding carboxylic acids is 1. The molecule has 0 saturated carbocycles. The molecule has 2 rings (SSSR count). The highest BCUT2D eigenvalue weighted by Crippen LogP contribution is 2.12. The summed E-state index contributed by atoms with van der Waals surface area (Å²) in [5.74, 6) is 2.95. The molecule has 1 saturated heterocycles. The molecule has 1 aliphatic heterocycles. The van der Waals surface area contributed by atoms with Crippen LogP contribution in [0.1, 0.15) is 31.7 Å². The topological polar surface area (TPSA) is 84.0 Å². The Bertz CT molecular complexity index is 685. The van der Waals surface area contributed by atoms with Crippen molar-refractivity contribution in [1.29, 1.82) is 0 Å². The molecule has 1 aromatic rings. The second kappa shape index (κ2) is 15.1. The van der Waals surface area contributed by atoms with Gasteiger partial charge in [-0.2, -0.15) is 0 Å². The van der Waals surface area contributed by atoms with Crippen LogP contribution >= 0.6 is 24.0 Å². The summed E-state index contributed by atoms with van der Waals surface area (Å²) >= 11 is 0. The Morgan fingerprint density at radius 2 is 2.28 bits per heavy atom. The fourth-order valence-electron chi connectivity index (χ4n) is 2.75. The first-order valence-corrected chi connectivity index (χ1v) is 9.79. The molecule has 1 unspecified atom stereocenters. The molecule has 1 fully saturated rings. The van der Waals surface area contributed by atoms with Gasteiger partial charge in [-0.15, -0.1) is 30.4 Å². The van der Waals surface area contributed by atoms with Crippen molar-refractivity contribution in [2.24, 2.45) is 4.99 Å². The number of ether oxygens (including phenoxy) is 2. The van der Waals surface area contributed by atoms with E-state index in [1.807, 2.05) is 13.0 Å². The van der Waals surface area contributed by atoms with E-state index in [0.29, 0.717) is 38.0 Å². The number of hydrogen-bond donors (Lipinski definition) is 3. The van der Waals surface area contributed by atoms with Gasteiger partial charge in [0.1, 0.15) is 6.54 Å². The molecule has 1 amide bonds. The second-order valence-corrected chi connectivity index (χ2v) is 6.46. The number of aliphatic imine (C=N–C) groups is 1. The highest BCUT2D eigenvalue weighted by molar-refractivity contribution is 14.0. The van der Waals surface area contributed by atoms with Crippen LogP contribution in [0.4, 0.5) is 5.69 Å². The Morgan fingerprint density at radius 3 is 3.00 bits per heavy atom. The molecular weight excluding hydrogens is 483 g/mol. The van der Waals surface area contributed by atoms with Crippen LogP contribution in [0.5, 0.6) is 0 Å². The average Bonchev–Trinajstić information content (AvgIpc) is 3.22. The van der Waals surface area contributed by atoms with E-state index in [9.17, 15) is 4.79 Å². The molecule has 8 heteroatoms. The van der Waals surface area contributed by atoms with Crippen molar-refractivity contribution in [2.75, 3.05) is 44.8 Å². The summed E-state index contributed by atoms with van der Waals surface area (Å²) in [5.41, 5.74) is 1.38. The normalized spacial score (nSPS) is 15.9. The monoisotopic (exact) mass is 514 g/mol. The van der Waals surface area contributed by atoms with E-state index < -0.39 is 0 Å². The number of benzene rings is 1. The highest BCUT2D eigenvalue weighted by Gasteiger charge is 2.14. The van der Waals surface area contributed by atoms with Gasteiger partial charge in [0.15, 0.2) is 5.96 Å². The predicted molar refractivity (Wildman–Crippen MR) is 127 cm³/mol. The van der Waals surface area contributed by atoms with Crippen molar-refractivity contribution >= 4 is 41.5 Å². The molecule has 7 nitrogen and oxygen atoms in total. The summed E-state index contributed by atoms with van der Waals surface area (Å²) < 4.78 is 11.2. The third kappa shape index (κ3) is 10.5. The number of carbonyl (C=O) groups is 1. The van der Waals surface area contributed by atoms with Crippen molar-refractivity contribution in [3.8, 4) is 12.3 Å². The summed E-state index contributed by atoms with van der Waals surface area (Å²) in [4.78, 5) is 16.4. The maximum absolute atomic E-state index is 12.1. The molecule has 160 valence electrons. The van der Waals surface area contributed by atoms with E-state index in [2.05, 4.69) is 26.9 Å². The Balaban J connectivity index is 0.00000420. The smallest absolute Gasteiger partial charge is 0.246 e. The second-order valence-electron chi connectivity index (χ2n) is 6.46. The highest BCUT2D eigenvalue weighted by atomic mass is 127. The molecule has 1 aromatic carbocycles. The maximum atomic E-state index is 12.1. The van der Waals surface area contributed by atoms with Crippen LogP contribution in [-0.4, -0.2) is 57.4 Å². The Morgan fingerprint density at radius 1 is 1.41 bits per heavy atom. The van der Waals surface area contributed by atoms with Crippen LogP contribution in [-0.2, 0) is 14.3 Å². The molecule has 29 heavy (non-hydrogen) atoms. The van der Waals surface area contributed by atoms with E-state index in [1.54, 1.807) is 18.2 Å². The quantitative estimate of drug-likeness (QED) is 0.147. The number of halogens is 1.